The second-order valence-electron chi connectivity index (χ2n) is 5.66. The molecule has 6 heteroatoms. The lowest BCUT2D eigenvalue weighted by Gasteiger charge is -2.34. The maximum atomic E-state index is 12.7. The third kappa shape index (κ3) is 3.63. The first-order valence-corrected chi connectivity index (χ1v) is 8.71. The van der Waals surface area contributed by atoms with Gasteiger partial charge in [0.15, 0.2) is 0 Å². The smallest absolute Gasteiger partial charge is 0.243 e. The molecule has 1 unspecified atom stereocenters. The Morgan fingerprint density at radius 1 is 1.19 bits per heavy atom. The molecule has 1 N–H and O–H groups in total. The van der Waals surface area contributed by atoms with Gasteiger partial charge in [0.25, 0.3) is 0 Å². The fourth-order valence-electron chi connectivity index (χ4n) is 2.57. The van der Waals surface area contributed by atoms with Crippen molar-refractivity contribution in [2.45, 2.75) is 43.9 Å². The summed E-state index contributed by atoms with van der Waals surface area (Å²) in [6.07, 6.45) is -0.153. The van der Waals surface area contributed by atoms with E-state index >= 15 is 0 Å². The number of rotatable bonds is 4. The van der Waals surface area contributed by atoms with Gasteiger partial charge in [0.2, 0.25) is 10.0 Å². The van der Waals surface area contributed by atoms with E-state index in [1.807, 2.05) is 40.0 Å². The summed E-state index contributed by atoms with van der Waals surface area (Å²) >= 11 is 0. The third-order valence-corrected chi connectivity index (χ3v) is 5.68. The molecule has 0 amide bonds. The topological polar surface area (TPSA) is 58.6 Å². The van der Waals surface area contributed by atoms with Gasteiger partial charge in [0, 0.05) is 19.1 Å². The van der Waals surface area contributed by atoms with Crippen LogP contribution in [0.4, 0.5) is 0 Å². The zero-order valence-electron chi connectivity index (χ0n) is 13.0. The summed E-state index contributed by atoms with van der Waals surface area (Å²) in [6.45, 7) is 6.64. The minimum absolute atomic E-state index is 0.0767. The molecule has 21 heavy (non-hydrogen) atoms. The van der Waals surface area contributed by atoms with Crippen LogP contribution in [0.3, 0.4) is 0 Å². The quantitative estimate of drug-likeness (QED) is 0.920. The lowest BCUT2D eigenvalue weighted by molar-refractivity contribution is -0.0440. The molecule has 1 heterocycles. The first kappa shape index (κ1) is 16.4. The summed E-state index contributed by atoms with van der Waals surface area (Å²) in [4.78, 5) is 0.343. The number of ether oxygens (including phenoxy) is 1. The van der Waals surface area contributed by atoms with E-state index in [2.05, 4.69) is 5.32 Å². The van der Waals surface area contributed by atoms with Gasteiger partial charge in [-0.15, -0.1) is 0 Å². The highest BCUT2D eigenvalue weighted by atomic mass is 32.2. The maximum absolute atomic E-state index is 12.7. The van der Waals surface area contributed by atoms with Crippen molar-refractivity contribution < 1.29 is 13.2 Å². The molecular weight excluding hydrogens is 288 g/mol. The zero-order chi connectivity index (χ0) is 15.6. The second kappa shape index (κ2) is 6.44. The Kier molecular flexibility index (Phi) is 5.03. The predicted octanol–water partition coefficient (Wildman–Crippen LogP) is 1.76. The molecule has 1 saturated heterocycles. The average molecular weight is 312 g/mol. The van der Waals surface area contributed by atoms with E-state index in [9.17, 15) is 8.42 Å². The Labute approximate surface area is 127 Å². The van der Waals surface area contributed by atoms with Gasteiger partial charge in [-0.05, 0) is 45.5 Å². The summed E-state index contributed by atoms with van der Waals surface area (Å²) in [5, 5.41) is 3.14. The van der Waals surface area contributed by atoms with E-state index in [4.69, 9.17) is 4.74 Å². The van der Waals surface area contributed by atoms with E-state index in [1.165, 1.54) is 4.31 Å². The second-order valence-corrected chi connectivity index (χ2v) is 7.60. The molecule has 0 aliphatic carbocycles. The van der Waals surface area contributed by atoms with E-state index < -0.39 is 10.0 Å². The fraction of sp³-hybridized carbons (Fsp3) is 0.600. The van der Waals surface area contributed by atoms with Gasteiger partial charge in [-0.25, -0.2) is 8.42 Å². The minimum atomic E-state index is -3.44. The highest BCUT2D eigenvalue weighted by Crippen LogP contribution is 2.22. The molecule has 0 bridgehead atoms. The van der Waals surface area contributed by atoms with Gasteiger partial charge >= 0.3 is 0 Å². The number of sulfonamides is 1. The molecule has 1 aromatic rings. The zero-order valence-corrected chi connectivity index (χ0v) is 13.9. The number of benzene rings is 1. The lowest BCUT2D eigenvalue weighted by Crippen LogP contribution is -2.48. The molecule has 3 atom stereocenters. The number of nitrogens with one attached hydrogen (secondary N) is 1. The van der Waals surface area contributed by atoms with Crippen molar-refractivity contribution >= 4 is 10.0 Å². The van der Waals surface area contributed by atoms with Crippen LogP contribution in [0.15, 0.2) is 29.2 Å². The summed E-state index contributed by atoms with van der Waals surface area (Å²) in [6, 6.07) is 7.29. The van der Waals surface area contributed by atoms with Gasteiger partial charge in [0.05, 0.1) is 17.1 Å². The van der Waals surface area contributed by atoms with Crippen molar-refractivity contribution in [3.63, 3.8) is 0 Å². The highest BCUT2D eigenvalue weighted by Gasteiger charge is 2.32. The summed E-state index contributed by atoms with van der Waals surface area (Å²) < 4.78 is 32.5. The van der Waals surface area contributed by atoms with Crippen LogP contribution in [-0.2, 0) is 14.8 Å². The molecular formula is C15H24N2O3S. The summed E-state index contributed by atoms with van der Waals surface area (Å²) in [5.41, 5.74) is 1.07. The van der Waals surface area contributed by atoms with Gasteiger partial charge in [-0.3, -0.25) is 0 Å². The predicted molar refractivity (Wildman–Crippen MR) is 82.7 cm³/mol. The van der Waals surface area contributed by atoms with E-state index in [0.717, 1.165) is 5.56 Å². The highest BCUT2D eigenvalue weighted by molar-refractivity contribution is 7.89. The molecule has 2 rings (SSSR count). The minimum Gasteiger partial charge on any atom is -0.373 e. The van der Waals surface area contributed by atoms with E-state index in [0.29, 0.717) is 18.0 Å². The van der Waals surface area contributed by atoms with Gasteiger partial charge in [-0.2, -0.15) is 4.31 Å². The van der Waals surface area contributed by atoms with Crippen molar-refractivity contribution in [1.29, 1.82) is 0 Å². The van der Waals surface area contributed by atoms with Crippen LogP contribution < -0.4 is 5.32 Å². The van der Waals surface area contributed by atoms with Gasteiger partial charge < -0.3 is 10.1 Å². The van der Waals surface area contributed by atoms with E-state index in [-0.39, 0.29) is 18.2 Å². The van der Waals surface area contributed by atoms with Crippen LogP contribution in [0.1, 0.15) is 32.4 Å². The van der Waals surface area contributed by atoms with E-state index in [1.54, 1.807) is 12.1 Å². The van der Waals surface area contributed by atoms with Crippen LogP contribution >= 0.6 is 0 Å². The first-order valence-electron chi connectivity index (χ1n) is 7.27. The van der Waals surface area contributed by atoms with Crippen molar-refractivity contribution in [2.75, 3.05) is 20.1 Å². The number of hydrogen-bond donors (Lipinski definition) is 1. The average Bonchev–Trinajstić information content (AvgIpc) is 2.45. The molecule has 0 spiro atoms. The summed E-state index contributed by atoms with van der Waals surface area (Å²) in [7, 11) is -1.56. The molecule has 0 aromatic heterocycles. The van der Waals surface area contributed by atoms with Crippen molar-refractivity contribution in [3.05, 3.63) is 29.8 Å². The number of hydrogen-bond acceptors (Lipinski definition) is 4. The van der Waals surface area contributed by atoms with Crippen LogP contribution in [-0.4, -0.2) is 45.1 Å². The Hall–Kier alpha value is -0.950. The summed E-state index contributed by atoms with van der Waals surface area (Å²) in [5.74, 6) is 0. The van der Waals surface area contributed by atoms with Crippen molar-refractivity contribution in [1.82, 2.24) is 9.62 Å². The molecule has 1 fully saturated rings. The number of morpholine rings is 1. The monoisotopic (exact) mass is 312 g/mol. The first-order chi connectivity index (χ1) is 9.84. The van der Waals surface area contributed by atoms with Crippen LogP contribution in [0.2, 0.25) is 0 Å². The normalized spacial score (nSPS) is 25.7. The SMILES string of the molecule is CNC(C)c1ccc(S(=O)(=O)N2C[C@@H](C)O[C@@H](C)C2)cc1. The third-order valence-electron chi connectivity index (χ3n) is 3.84. The van der Waals surface area contributed by atoms with Crippen molar-refractivity contribution in [3.8, 4) is 0 Å². The molecule has 0 saturated carbocycles. The van der Waals surface area contributed by atoms with Crippen LogP contribution in [0.25, 0.3) is 0 Å². The van der Waals surface area contributed by atoms with Gasteiger partial charge in [0.1, 0.15) is 0 Å². The fourth-order valence-corrected chi connectivity index (χ4v) is 4.16. The Morgan fingerprint density at radius 3 is 2.19 bits per heavy atom. The number of nitrogens with zero attached hydrogens (tertiary/aromatic N) is 1. The van der Waals surface area contributed by atoms with Gasteiger partial charge in [-0.1, -0.05) is 12.1 Å². The standard InChI is InChI=1S/C15H24N2O3S/c1-11-9-17(10-12(2)20-11)21(18,19)15-7-5-14(6-8-15)13(3)16-4/h5-8,11-13,16H,9-10H2,1-4H3/t11-,12+,13?. The van der Waals surface area contributed by atoms with Crippen molar-refractivity contribution in [2.24, 2.45) is 0 Å². The molecule has 5 nitrogen and oxygen atoms in total. The Morgan fingerprint density at radius 2 is 1.71 bits per heavy atom. The lowest BCUT2D eigenvalue weighted by atomic mass is 10.1. The largest absolute Gasteiger partial charge is 0.373 e. The molecule has 0 radical (unpaired) electrons. The Bertz CT molecular complexity index is 561. The molecule has 1 aromatic carbocycles. The molecule has 1 aliphatic rings. The van der Waals surface area contributed by atoms with Crippen LogP contribution in [0, 0.1) is 0 Å². The molecule has 118 valence electrons. The van der Waals surface area contributed by atoms with Crippen LogP contribution in [0.5, 0.6) is 0 Å². The maximum Gasteiger partial charge on any atom is 0.243 e. The Balaban J connectivity index is 2.23. The molecule has 1 aliphatic heterocycles.